The monoisotopic (exact) mass is 455 g/mol. The summed E-state index contributed by atoms with van der Waals surface area (Å²) in [6.07, 6.45) is 3.33. The Morgan fingerprint density at radius 1 is 1.19 bits per heavy atom. The van der Waals surface area contributed by atoms with E-state index in [1.807, 2.05) is 0 Å². The number of fused-ring (bicyclic) bond motifs is 1. The van der Waals surface area contributed by atoms with Crippen LogP contribution in [0.4, 0.5) is 5.69 Å². The van der Waals surface area contributed by atoms with E-state index in [4.69, 9.17) is 14.2 Å². The van der Waals surface area contributed by atoms with Gasteiger partial charge < -0.3 is 19.5 Å². The molecule has 0 spiro atoms. The van der Waals surface area contributed by atoms with E-state index in [-0.39, 0.29) is 23.8 Å². The van der Waals surface area contributed by atoms with E-state index >= 15 is 0 Å². The summed E-state index contributed by atoms with van der Waals surface area (Å²) >= 11 is 1.13. The van der Waals surface area contributed by atoms with E-state index in [1.165, 1.54) is 14.2 Å². The molecule has 1 N–H and O–H groups in total. The third-order valence-electron chi connectivity index (χ3n) is 5.04. The van der Waals surface area contributed by atoms with Crippen LogP contribution >= 0.6 is 11.8 Å². The molecule has 3 rings (SSSR count). The number of ether oxygens (including phenoxy) is 3. The zero-order valence-corrected chi connectivity index (χ0v) is 19.1. The molecule has 1 amide bonds. The fourth-order valence-electron chi connectivity index (χ4n) is 3.60. The second-order valence-electron chi connectivity index (χ2n) is 7.04. The summed E-state index contributed by atoms with van der Waals surface area (Å²) in [4.78, 5) is 29.8. The highest BCUT2D eigenvalue weighted by Gasteiger charge is 2.27. The summed E-state index contributed by atoms with van der Waals surface area (Å²) in [5.74, 6) is 0.296. The second kappa shape index (κ2) is 10.9. The molecule has 1 heterocycles. The maximum Gasteiger partial charge on any atom is 0.339 e. The lowest BCUT2D eigenvalue weighted by molar-refractivity contribution is -0.113. The van der Waals surface area contributed by atoms with Gasteiger partial charge in [0.1, 0.15) is 11.1 Å². The predicted molar refractivity (Wildman–Crippen MR) is 120 cm³/mol. The van der Waals surface area contributed by atoms with Gasteiger partial charge in [-0.05, 0) is 50.3 Å². The minimum Gasteiger partial charge on any atom is -0.493 e. The Balaban J connectivity index is 1.81. The van der Waals surface area contributed by atoms with Gasteiger partial charge in [0.05, 0.1) is 37.7 Å². The van der Waals surface area contributed by atoms with E-state index in [2.05, 4.69) is 16.4 Å². The molecule has 1 aliphatic carbocycles. The van der Waals surface area contributed by atoms with Crippen molar-refractivity contribution >= 4 is 29.3 Å². The summed E-state index contributed by atoms with van der Waals surface area (Å²) in [6, 6.07) is 7.18. The van der Waals surface area contributed by atoms with Gasteiger partial charge >= 0.3 is 5.97 Å². The molecule has 0 atom stereocenters. The van der Waals surface area contributed by atoms with E-state index in [0.717, 1.165) is 42.3 Å². The van der Waals surface area contributed by atoms with Crippen molar-refractivity contribution in [2.75, 3.05) is 31.9 Å². The Bertz CT molecular complexity index is 1060. The molecule has 8 nitrogen and oxygen atoms in total. The number of hydrogen-bond acceptors (Lipinski definition) is 8. The first-order valence-corrected chi connectivity index (χ1v) is 11.3. The summed E-state index contributed by atoms with van der Waals surface area (Å²) < 4.78 is 15.7. The van der Waals surface area contributed by atoms with E-state index in [0.29, 0.717) is 34.2 Å². The Morgan fingerprint density at radius 2 is 1.94 bits per heavy atom. The summed E-state index contributed by atoms with van der Waals surface area (Å²) in [7, 11) is 3.06. The highest BCUT2D eigenvalue weighted by molar-refractivity contribution is 8.00. The number of hydrogen-bond donors (Lipinski definition) is 1. The molecular weight excluding hydrogens is 430 g/mol. The molecule has 0 aliphatic heterocycles. The summed E-state index contributed by atoms with van der Waals surface area (Å²) in [5, 5.41) is 13.0. The van der Waals surface area contributed by atoms with Crippen LogP contribution < -0.4 is 14.8 Å². The number of nitrogens with zero attached hydrogens (tertiary/aromatic N) is 2. The smallest absolute Gasteiger partial charge is 0.339 e. The molecule has 168 valence electrons. The SMILES string of the molecule is CCOC(=O)c1c(C#N)c(SCC(=O)Nc2ccc(OC)c(OC)c2)nc2c1CCCC2. The van der Waals surface area contributed by atoms with Crippen molar-refractivity contribution in [2.24, 2.45) is 0 Å². The molecule has 1 aromatic carbocycles. The fraction of sp³-hybridized carbons (Fsp3) is 0.391. The molecule has 0 fully saturated rings. The number of benzene rings is 1. The number of anilines is 1. The second-order valence-corrected chi connectivity index (χ2v) is 8.00. The van der Waals surface area contributed by atoms with Crippen LogP contribution in [0.3, 0.4) is 0 Å². The highest BCUT2D eigenvalue weighted by Crippen LogP contribution is 2.33. The first-order chi connectivity index (χ1) is 15.5. The molecule has 0 saturated carbocycles. The van der Waals surface area contributed by atoms with Crippen LogP contribution in [0.2, 0.25) is 0 Å². The van der Waals surface area contributed by atoms with Gasteiger partial charge in [0, 0.05) is 17.4 Å². The molecule has 1 aliphatic rings. The minimum absolute atomic E-state index is 0.0249. The van der Waals surface area contributed by atoms with Gasteiger partial charge in [0.15, 0.2) is 11.5 Å². The van der Waals surface area contributed by atoms with Crippen LogP contribution in [0.25, 0.3) is 0 Å². The number of carbonyl (C=O) groups is 2. The molecule has 0 saturated heterocycles. The van der Waals surface area contributed by atoms with Crippen molar-refractivity contribution in [2.45, 2.75) is 37.6 Å². The van der Waals surface area contributed by atoms with Crippen LogP contribution in [0.15, 0.2) is 23.2 Å². The number of esters is 1. The van der Waals surface area contributed by atoms with Crippen LogP contribution in [0, 0.1) is 11.3 Å². The van der Waals surface area contributed by atoms with Crippen molar-refractivity contribution in [3.63, 3.8) is 0 Å². The molecular formula is C23H25N3O5S. The van der Waals surface area contributed by atoms with Gasteiger partial charge in [-0.15, -0.1) is 0 Å². The predicted octanol–water partition coefficient (Wildman–Crippen LogP) is 3.76. The van der Waals surface area contributed by atoms with Crippen molar-refractivity contribution < 1.29 is 23.8 Å². The molecule has 2 aromatic rings. The molecule has 9 heteroatoms. The van der Waals surface area contributed by atoms with E-state index < -0.39 is 5.97 Å². The lowest BCUT2D eigenvalue weighted by atomic mass is 9.90. The number of carbonyl (C=O) groups excluding carboxylic acids is 2. The third kappa shape index (κ3) is 5.14. The number of thioether (sulfide) groups is 1. The lowest BCUT2D eigenvalue weighted by Gasteiger charge is -2.20. The standard InChI is InChI=1S/C23H25N3O5S/c1-4-31-23(28)21-15-7-5-6-8-17(15)26-22(16(21)12-24)32-13-20(27)25-14-9-10-18(29-2)19(11-14)30-3/h9-11H,4-8,13H2,1-3H3,(H,25,27). The Morgan fingerprint density at radius 3 is 2.62 bits per heavy atom. The number of aryl methyl sites for hydroxylation is 1. The quantitative estimate of drug-likeness (QED) is 0.473. The van der Waals surface area contributed by atoms with Gasteiger partial charge in [-0.2, -0.15) is 5.26 Å². The van der Waals surface area contributed by atoms with Crippen molar-refractivity contribution in [1.29, 1.82) is 5.26 Å². The van der Waals surface area contributed by atoms with Crippen molar-refractivity contribution in [3.05, 3.63) is 40.6 Å². The maximum absolute atomic E-state index is 12.6. The average Bonchev–Trinajstić information content (AvgIpc) is 2.81. The Kier molecular flexibility index (Phi) is 7.95. The number of nitriles is 1. The minimum atomic E-state index is -0.513. The molecule has 32 heavy (non-hydrogen) atoms. The number of nitrogens with one attached hydrogen (secondary N) is 1. The normalized spacial score (nSPS) is 12.3. The summed E-state index contributed by atoms with van der Waals surface area (Å²) in [6.45, 7) is 1.95. The third-order valence-corrected chi connectivity index (χ3v) is 6.01. The number of amides is 1. The first-order valence-electron chi connectivity index (χ1n) is 10.3. The van der Waals surface area contributed by atoms with Gasteiger partial charge in [-0.3, -0.25) is 4.79 Å². The fourth-order valence-corrected chi connectivity index (χ4v) is 4.41. The van der Waals surface area contributed by atoms with E-state index in [9.17, 15) is 14.9 Å². The van der Waals surface area contributed by atoms with Gasteiger partial charge in [0.25, 0.3) is 0 Å². The topological polar surface area (TPSA) is 111 Å². The van der Waals surface area contributed by atoms with Crippen molar-refractivity contribution in [3.8, 4) is 17.6 Å². The van der Waals surface area contributed by atoms with Crippen molar-refractivity contribution in [1.82, 2.24) is 4.98 Å². The maximum atomic E-state index is 12.6. The van der Waals surface area contributed by atoms with Gasteiger partial charge in [0.2, 0.25) is 5.91 Å². The zero-order valence-electron chi connectivity index (χ0n) is 18.3. The average molecular weight is 456 g/mol. The number of methoxy groups -OCH3 is 2. The molecule has 0 bridgehead atoms. The molecule has 0 radical (unpaired) electrons. The number of rotatable bonds is 8. The Labute approximate surface area is 191 Å². The van der Waals surface area contributed by atoms with Crippen LogP contribution in [0.5, 0.6) is 11.5 Å². The molecule has 1 aromatic heterocycles. The Hall–Kier alpha value is -3.25. The molecule has 0 unspecified atom stereocenters. The highest BCUT2D eigenvalue weighted by atomic mass is 32.2. The van der Waals surface area contributed by atoms with Gasteiger partial charge in [-0.1, -0.05) is 11.8 Å². The first kappa shape index (κ1) is 23.4. The van der Waals surface area contributed by atoms with Crippen LogP contribution in [-0.4, -0.2) is 43.4 Å². The van der Waals surface area contributed by atoms with E-state index in [1.54, 1.807) is 25.1 Å². The number of pyridine rings is 1. The number of aromatic nitrogens is 1. The zero-order chi connectivity index (χ0) is 23.1. The van der Waals surface area contributed by atoms with Crippen LogP contribution in [-0.2, 0) is 22.4 Å². The lowest BCUT2D eigenvalue weighted by Crippen LogP contribution is -2.19. The largest absolute Gasteiger partial charge is 0.493 e. The van der Waals surface area contributed by atoms with Gasteiger partial charge in [-0.25, -0.2) is 9.78 Å². The van der Waals surface area contributed by atoms with Crippen LogP contribution in [0.1, 0.15) is 46.9 Å². The summed E-state index contributed by atoms with van der Waals surface area (Å²) in [5.41, 5.74) is 2.63.